The average Bonchev–Trinajstić information content (AvgIpc) is 2.35. The molecular weight excluding hydrogens is 132 g/mol. The SMILES string of the molecule is CCCC1(CC)CCCC1C. The summed E-state index contributed by atoms with van der Waals surface area (Å²) in [6.07, 6.45) is 8.70. The van der Waals surface area contributed by atoms with Crippen LogP contribution in [0.3, 0.4) is 0 Å². The molecule has 1 aliphatic carbocycles. The van der Waals surface area contributed by atoms with E-state index in [4.69, 9.17) is 0 Å². The van der Waals surface area contributed by atoms with Crippen molar-refractivity contribution in [2.75, 3.05) is 0 Å². The summed E-state index contributed by atoms with van der Waals surface area (Å²) in [4.78, 5) is 0. The molecule has 2 unspecified atom stereocenters. The van der Waals surface area contributed by atoms with Crippen LogP contribution in [-0.2, 0) is 0 Å². The third-order valence-electron chi connectivity index (χ3n) is 3.81. The van der Waals surface area contributed by atoms with Gasteiger partial charge in [0.05, 0.1) is 0 Å². The van der Waals surface area contributed by atoms with E-state index in [-0.39, 0.29) is 0 Å². The van der Waals surface area contributed by atoms with Gasteiger partial charge >= 0.3 is 0 Å². The molecule has 11 heavy (non-hydrogen) atoms. The lowest BCUT2D eigenvalue weighted by Crippen LogP contribution is -2.22. The fraction of sp³-hybridized carbons (Fsp3) is 1.00. The van der Waals surface area contributed by atoms with Gasteiger partial charge in [0, 0.05) is 0 Å². The monoisotopic (exact) mass is 154 g/mol. The Morgan fingerprint density at radius 2 is 2.09 bits per heavy atom. The fourth-order valence-electron chi connectivity index (χ4n) is 2.88. The smallest absolute Gasteiger partial charge is 0.0275 e. The van der Waals surface area contributed by atoms with Gasteiger partial charge in [-0.2, -0.15) is 0 Å². The van der Waals surface area contributed by atoms with Crippen LogP contribution in [0.5, 0.6) is 0 Å². The van der Waals surface area contributed by atoms with Gasteiger partial charge in [0.15, 0.2) is 0 Å². The molecule has 2 atom stereocenters. The van der Waals surface area contributed by atoms with Crippen molar-refractivity contribution in [3.63, 3.8) is 0 Å². The first-order chi connectivity index (χ1) is 5.25. The maximum absolute atomic E-state index is 2.45. The molecule has 0 aromatic heterocycles. The molecule has 0 heterocycles. The van der Waals surface area contributed by atoms with Crippen molar-refractivity contribution in [2.45, 2.75) is 59.3 Å². The third kappa shape index (κ3) is 1.60. The summed E-state index contributed by atoms with van der Waals surface area (Å²) < 4.78 is 0. The van der Waals surface area contributed by atoms with E-state index in [2.05, 4.69) is 20.8 Å². The first kappa shape index (κ1) is 9.09. The van der Waals surface area contributed by atoms with Crippen molar-refractivity contribution in [3.8, 4) is 0 Å². The molecule has 1 rings (SSSR count). The van der Waals surface area contributed by atoms with Gasteiger partial charge in [-0.1, -0.05) is 46.5 Å². The van der Waals surface area contributed by atoms with Crippen LogP contribution in [0.1, 0.15) is 59.3 Å². The van der Waals surface area contributed by atoms with E-state index in [1.54, 1.807) is 0 Å². The van der Waals surface area contributed by atoms with E-state index in [0.29, 0.717) is 0 Å². The van der Waals surface area contributed by atoms with E-state index in [0.717, 1.165) is 11.3 Å². The van der Waals surface area contributed by atoms with Crippen LogP contribution in [0, 0.1) is 11.3 Å². The molecule has 0 aromatic carbocycles. The predicted octanol–water partition coefficient (Wildman–Crippen LogP) is 4.00. The second-order valence-corrected chi connectivity index (χ2v) is 4.26. The van der Waals surface area contributed by atoms with Crippen molar-refractivity contribution >= 4 is 0 Å². The second kappa shape index (κ2) is 3.60. The maximum Gasteiger partial charge on any atom is -0.0275 e. The zero-order valence-corrected chi connectivity index (χ0v) is 8.32. The zero-order chi connectivity index (χ0) is 8.32. The molecule has 0 aliphatic heterocycles. The van der Waals surface area contributed by atoms with E-state index in [9.17, 15) is 0 Å². The summed E-state index contributed by atoms with van der Waals surface area (Å²) in [5.74, 6) is 0.993. The lowest BCUT2D eigenvalue weighted by molar-refractivity contribution is 0.184. The first-order valence-corrected chi connectivity index (χ1v) is 5.25. The van der Waals surface area contributed by atoms with Crippen LogP contribution in [0.15, 0.2) is 0 Å². The van der Waals surface area contributed by atoms with Crippen molar-refractivity contribution < 1.29 is 0 Å². The van der Waals surface area contributed by atoms with Gasteiger partial charge in [-0.15, -0.1) is 0 Å². The minimum atomic E-state index is 0.745. The molecular formula is C11H22. The minimum Gasteiger partial charge on any atom is -0.0654 e. The molecule has 1 aliphatic rings. The summed E-state index contributed by atoms with van der Waals surface area (Å²) in [6.45, 7) is 7.14. The van der Waals surface area contributed by atoms with E-state index >= 15 is 0 Å². The maximum atomic E-state index is 2.45. The quantitative estimate of drug-likeness (QED) is 0.576. The average molecular weight is 154 g/mol. The molecule has 1 saturated carbocycles. The second-order valence-electron chi connectivity index (χ2n) is 4.26. The third-order valence-corrected chi connectivity index (χ3v) is 3.81. The summed E-state index contributed by atoms with van der Waals surface area (Å²) in [5, 5.41) is 0. The largest absolute Gasteiger partial charge is 0.0654 e. The summed E-state index contributed by atoms with van der Waals surface area (Å²) in [5.41, 5.74) is 0.745. The van der Waals surface area contributed by atoms with Crippen molar-refractivity contribution in [1.82, 2.24) is 0 Å². The normalized spacial score (nSPS) is 37.9. The van der Waals surface area contributed by atoms with Crippen LogP contribution < -0.4 is 0 Å². The van der Waals surface area contributed by atoms with Gasteiger partial charge in [0.2, 0.25) is 0 Å². The Morgan fingerprint density at radius 3 is 2.45 bits per heavy atom. The topological polar surface area (TPSA) is 0 Å². The van der Waals surface area contributed by atoms with Crippen LogP contribution >= 0.6 is 0 Å². The number of rotatable bonds is 3. The highest BCUT2D eigenvalue weighted by Gasteiger charge is 2.37. The summed E-state index contributed by atoms with van der Waals surface area (Å²) in [7, 11) is 0. The lowest BCUT2D eigenvalue weighted by Gasteiger charge is -2.32. The molecule has 0 N–H and O–H groups in total. The fourth-order valence-corrected chi connectivity index (χ4v) is 2.88. The van der Waals surface area contributed by atoms with Gasteiger partial charge < -0.3 is 0 Å². The summed E-state index contributed by atoms with van der Waals surface area (Å²) in [6, 6.07) is 0. The molecule has 0 spiro atoms. The molecule has 0 nitrogen and oxygen atoms in total. The van der Waals surface area contributed by atoms with Gasteiger partial charge in [-0.3, -0.25) is 0 Å². The summed E-state index contributed by atoms with van der Waals surface area (Å²) >= 11 is 0. The Morgan fingerprint density at radius 1 is 1.36 bits per heavy atom. The van der Waals surface area contributed by atoms with Gasteiger partial charge in [0.1, 0.15) is 0 Å². The van der Waals surface area contributed by atoms with E-state index < -0.39 is 0 Å². The Kier molecular flexibility index (Phi) is 2.98. The molecule has 0 amide bonds. The molecule has 66 valence electrons. The van der Waals surface area contributed by atoms with Gasteiger partial charge in [-0.25, -0.2) is 0 Å². The lowest BCUT2D eigenvalue weighted by atomic mass is 9.73. The highest BCUT2D eigenvalue weighted by molar-refractivity contribution is 4.88. The number of hydrogen-bond acceptors (Lipinski definition) is 0. The Bertz CT molecular complexity index is 117. The van der Waals surface area contributed by atoms with E-state index in [1.807, 2.05) is 0 Å². The molecule has 0 bridgehead atoms. The Hall–Kier alpha value is 0. The van der Waals surface area contributed by atoms with Crippen LogP contribution in [0.2, 0.25) is 0 Å². The standard InChI is InChI=1S/C11H22/c1-4-8-11(5-2)9-6-7-10(11)3/h10H,4-9H2,1-3H3. The highest BCUT2D eigenvalue weighted by Crippen LogP contribution is 2.48. The van der Waals surface area contributed by atoms with Gasteiger partial charge in [0.25, 0.3) is 0 Å². The Balaban J connectivity index is 2.57. The van der Waals surface area contributed by atoms with E-state index in [1.165, 1.54) is 38.5 Å². The Labute approximate surface area is 71.4 Å². The zero-order valence-electron chi connectivity index (χ0n) is 8.32. The minimum absolute atomic E-state index is 0.745. The van der Waals surface area contributed by atoms with Crippen LogP contribution in [0.25, 0.3) is 0 Å². The highest BCUT2D eigenvalue weighted by atomic mass is 14.4. The molecule has 0 saturated heterocycles. The molecule has 0 heteroatoms. The van der Waals surface area contributed by atoms with Gasteiger partial charge in [-0.05, 0) is 24.2 Å². The molecule has 1 fully saturated rings. The predicted molar refractivity (Wildman–Crippen MR) is 50.6 cm³/mol. The molecule has 0 radical (unpaired) electrons. The van der Waals surface area contributed by atoms with Crippen LogP contribution in [-0.4, -0.2) is 0 Å². The molecule has 0 aromatic rings. The van der Waals surface area contributed by atoms with Crippen molar-refractivity contribution in [1.29, 1.82) is 0 Å². The van der Waals surface area contributed by atoms with Crippen molar-refractivity contribution in [3.05, 3.63) is 0 Å². The van der Waals surface area contributed by atoms with Crippen molar-refractivity contribution in [2.24, 2.45) is 11.3 Å². The van der Waals surface area contributed by atoms with Crippen LogP contribution in [0.4, 0.5) is 0 Å². The number of hydrogen-bond donors (Lipinski definition) is 0. The first-order valence-electron chi connectivity index (χ1n) is 5.25.